The molecule has 0 unspecified atom stereocenters. The highest BCUT2D eigenvalue weighted by atomic mass is 28.1. The Hall–Kier alpha value is 0.177. The van der Waals surface area contributed by atoms with E-state index in [2.05, 4.69) is 0 Å². The molecule has 0 aliphatic carbocycles. The third-order valence-electron chi connectivity index (χ3n) is 0.408. The summed E-state index contributed by atoms with van der Waals surface area (Å²) in [4.78, 5) is 0. The van der Waals surface area contributed by atoms with E-state index in [1.807, 2.05) is 0 Å². The van der Waals surface area contributed by atoms with E-state index >= 15 is 0 Å². The largest absolute Gasteiger partial charge is 0.385 e. The van der Waals surface area contributed by atoms with E-state index in [4.69, 9.17) is 4.74 Å². The first-order chi connectivity index (χ1) is 2.41. The number of hydrogen-bond acceptors (Lipinski definition) is 1. The molecule has 1 nitrogen and oxygen atoms in total. The van der Waals surface area contributed by atoms with Crippen LogP contribution in [0.5, 0.6) is 0 Å². The van der Waals surface area contributed by atoms with Crippen LogP contribution in [-0.2, 0) is 4.74 Å². The van der Waals surface area contributed by atoms with Crippen molar-refractivity contribution in [3.05, 3.63) is 0 Å². The monoisotopic (exact) mass is 90.1 g/mol. The minimum Gasteiger partial charge on any atom is -0.385 e. The molecule has 32 valence electrons. The molecular weight excluding hydrogens is 80.1 g/mol. The Morgan fingerprint density at radius 3 is 2.40 bits per heavy atom. The van der Waals surface area contributed by atoms with Gasteiger partial charge in [-0.25, -0.2) is 0 Å². The molecule has 0 atom stereocenters. The summed E-state index contributed by atoms with van der Waals surface area (Å²) in [6.07, 6.45) is 0. The molecule has 0 aromatic heterocycles. The zero-order valence-electron chi connectivity index (χ0n) is 3.82. The SMILES string of the molecule is COCC[SiH3]. The molecule has 0 N–H and O–H groups in total. The van der Waals surface area contributed by atoms with Crippen molar-refractivity contribution in [3.63, 3.8) is 0 Å². The van der Waals surface area contributed by atoms with Crippen LogP contribution in [0.1, 0.15) is 0 Å². The average Bonchev–Trinajstić information content (AvgIpc) is 1.41. The van der Waals surface area contributed by atoms with E-state index in [1.54, 1.807) is 7.11 Å². The van der Waals surface area contributed by atoms with E-state index in [9.17, 15) is 0 Å². The van der Waals surface area contributed by atoms with Crippen molar-refractivity contribution in [1.29, 1.82) is 0 Å². The lowest BCUT2D eigenvalue weighted by Crippen LogP contribution is -1.82. The van der Waals surface area contributed by atoms with Crippen molar-refractivity contribution >= 4 is 10.2 Å². The van der Waals surface area contributed by atoms with Crippen LogP contribution < -0.4 is 0 Å². The summed E-state index contributed by atoms with van der Waals surface area (Å²) in [5, 5.41) is 0. The van der Waals surface area contributed by atoms with Gasteiger partial charge < -0.3 is 4.74 Å². The van der Waals surface area contributed by atoms with Crippen molar-refractivity contribution < 1.29 is 4.74 Å². The van der Waals surface area contributed by atoms with Gasteiger partial charge in [0.05, 0.1) is 0 Å². The molecule has 5 heavy (non-hydrogen) atoms. The molecule has 0 aliphatic rings. The molecule has 0 aliphatic heterocycles. The van der Waals surface area contributed by atoms with E-state index in [1.165, 1.54) is 16.3 Å². The highest BCUT2D eigenvalue weighted by Crippen LogP contribution is 1.67. The summed E-state index contributed by atoms with van der Waals surface area (Å²) in [5.41, 5.74) is 0. The van der Waals surface area contributed by atoms with E-state index < -0.39 is 0 Å². The molecule has 0 saturated carbocycles. The van der Waals surface area contributed by atoms with Crippen molar-refractivity contribution in [1.82, 2.24) is 0 Å². The second-order valence-corrected chi connectivity index (χ2v) is 1.99. The maximum absolute atomic E-state index is 4.73. The summed E-state index contributed by atoms with van der Waals surface area (Å²) in [6, 6.07) is 1.26. The van der Waals surface area contributed by atoms with Gasteiger partial charge in [0.2, 0.25) is 0 Å². The molecule has 0 bridgehead atoms. The van der Waals surface area contributed by atoms with Crippen molar-refractivity contribution in [3.8, 4) is 0 Å². The van der Waals surface area contributed by atoms with Gasteiger partial charge in [-0.2, -0.15) is 0 Å². The second kappa shape index (κ2) is 4.18. The Morgan fingerprint density at radius 2 is 2.40 bits per heavy atom. The van der Waals surface area contributed by atoms with Crippen molar-refractivity contribution in [2.75, 3.05) is 13.7 Å². The lowest BCUT2D eigenvalue weighted by Gasteiger charge is -1.84. The average molecular weight is 90.2 g/mol. The first-order valence-electron chi connectivity index (χ1n) is 1.90. The maximum atomic E-state index is 4.73. The van der Waals surface area contributed by atoms with Crippen LogP contribution in [0.15, 0.2) is 0 Å². The minimum absolute atomic E-state index is 0.951. The summed E-state index contributed by atoms with van der Waals surface area (Å²) < 4.78 is 4.73. The van der Waals surface area contributed by atoms with Crippen LogP contribution in [-0.4, -0.2) is 24.0 Å². The highest BCUT2D eigenvalue weighted by Gasteiger charge is 1.66. The first kappa shape index (κ1) is 5.18. The van der Waals surface area contributed by atoms with Crippen LogP contribution in [0, 0.1) is 0 Å². The molecule has 0 spiro atoms. The minimum atomic E-state index is 0.951. The summed E-state index contributed by atoms with van der Waals surface area (Å²) >= 11 is 0. The molecule has 0 aromatic rings. The standard InChI is InChI=1S/C3H10OSi/c1-4-2-3-5/h2-3H2,1,5H3. The molecule has 0 fully saturated rings. The van der Waals surface area contributed by atoms with Gasteiger partial charge in [0, 0.05) is 24.0 Å². The van der Waals surface area contributed by atoms with Gasteiger partial charge >= 0.3 is 0 Å². The molecular formula is C3H10OSi. The van der Waals surface area contributed by atoms with Gasteiger partial charge in [-0.1, -0.05) is 0 Å². The van der Waals surface area contributed by atoms with Crippen LogP contribution in [0.3, 0.4) is 0 Å². The third-order valence-corrected chi connectivity index (χ3v) is 0.816. The first-order valence-corrected chi connectivity index (χ1v) is 3.32. The zero-order chi connectivity index (χ0) is 4.12. The van der Waals surface area contributed by atoms with E-state index in [0.29, 0.717) is 0 Å². The number of methoxy groups -OCH3 is 1. The number of ether oxygens (including phenoxy) is 1. The predicted octanol–water partition coefficient (Wildman–Crippen LogP) is -0.583. The summed E-state index contributed by atoms with van der Waals surface area (Å²) in [6.45, 7) is 0.951. The fraction of sp³-hybridized carbons (Fsp3) is 1.00. The van der Waals surface area contributed by atoms with Crippen LogP contribution in [0.4, 0.5) is 0 Å². The van der Waals surface area contributed by atoms with Crippen LogP contribution >= 0.6 is 0 Å². The van der Waals surface area contributed by atoms with Crippen molar-refractivity contribution in [2.45, 2.75) is 6.04 Å². The van der Waals surface area contributed by atoms with Gasteiger partial charge in [-0.05, 0) is 6.04 Å². The lowest BCUT2D eigenvalue weighted by atomic mass is 10.9. The van der Waals surface area contributed by atoms with Gasteiger partial charge in [-0.15, -0.1) is 0 Å². The van der Waals surface area contributed by atoms with Crippen molar-refractivity contribution in [2.24, 2.45) is 0 Å². The molecule has 0 heterocycles. The Balaban J connectivity index is 2.19. The van der Waals surface area contributed by atoms with E-state index in [0.717, 1.165) is 6.61 Å². The van der Waals surface area contributed by atoms with E-state index in [-0.39, 0.29) is 0 Å². The normalized spacial score (nSPS) is 9.00. The second-order valence-electron chi connectivity index (χ2n) is 0.993. The molecule has 0 saturated heterocycles. The molecule has 2 heteroatoms. The molecule has 0 amide bonds. The Labute approximate surface area is 35.8 Å². The van der Waals surface area contributed by atoms with Gasteiger partial charge in [0.25, 0.3) is 0 Å². The third kappa shape index (κ3) is 4.18. The molecule has 0 aromatic carbocycles. The quantitative estimate of drug-likeness (QED) is 0.412. The Kier molecular flexibility index (Phi) is 4.32. The predicted molar refractivity (Wildman–Crippen MR) is 26.6 cm³/mol. The summed E-state index contributed by atoms with van der Waals surface area (Å²) in [5.74, 6) is 0. The van der Waals surface area contributed by atoms with Crippen LogP contribution in [0.2, 0.25) is 6.04 Å². The highest BCUT2D eigenvalue weighted by molar-refractivity contribution is 6.08. The Bertz CT molecular complexity index is 14.4. The van der Waals surface area contributed by atoms with Gasteiger partial charge in [0.1, 0.15) is 0 Å². The smallest absolute Gasteiger partial charge is 0.0430 e. The molecule has 0 radical (unpaired) electrons. The van der Waals surface area contributed by atoms with Gasteiger partial charge in [-0.3, -0.25) is 0 Å². The topological polar surface area (TPSA) is 9.23 Å². The Morgan fingerprint density at radius 1 is 1.80 bits per heavy atom. The van der Waals surface area contributed by atoms with Crippen LogP contribution in [0.25, 0.3) is 0 Å². The fourth-order valence-corrected chi connectivity index (χ4v) is 0.612. The summed E-state index contributed by atoms with van der Waals surface area (Å²) in [7, 11) is 3.01. The zero-order valence-corrected chi connectivity index (χ0v) is 5.82. The maximum Gasteiger partial charge on any atom is 0.0430 e. The number of hydrogen-bond donors (Lipinski definition) is 0. The van der Waals surface area contributed by atoms with Gasteiger partial charge in [0.15, 0.2) is 0 Å². The lowest BCUT2D eigenvalue weighted by molar-refractivity contribution is 0.216. The fourth-order valence-electron chi connectivity index (χ4n) is 0.204. The molecule has 0 rings (SSSR count). The number of rotatable bonds is 2.